The van der Waals surface area contributed by atoms with Crippen LogP contribution in [0.25, 0.3) is 0 Å². The Morgan fingerprint density at radius 1 is 0.757 bits per heavy atom. The second-order valence-electron chi connectivity index (χ2n) is 7.19. The van der Waals surface area contributed by atoms with E-state index < -0.39 is 11.1 Å². The molecule has 0 atom stereocenters. The van der Waals surface area contributed by atoms with Crippen LogP contribution in [-0.2, 0) is 49.2 Å². The van der Waals surface area contributed by atoms with Gasteiger partial charge in [0.1, 0.15) is 26.0 Å². The fourth-order valence-corrected chi connectivity index (χ4v) is 2.67. The Bertz CT molecular complexity index is 719. The molecule has 0 bridgehead atoms. The molecule has 1 aromatic heterocycles. The zero-order valence-electron chi connectivity index (χ0n) is 21.6. The summed E-state index contributed by atoms with van der Waals surface area (Å²) >= 11 is 0. The third kappa shape index (κ3) is 17.6. The Kier molecular flexibility index (Phi) is 20.1. The lowest BCUT2D eigenvalue weighted by Crippen LogP contribution is -2.17. The molecule has 0 amide bonds. The van der Waals surface area contributed by atoms with E-state index >= 15 is 0 Å². The van der Waals surface area contributed by atoms with E-state index in [0.29, 0.717) is 85.1 Å². The van der Waals surface area contributed by atoms with Crippen molar-refractivity contribution in [1.82, 2.24) is 9.55 Å². The number of aromatic nitrogens is 2. The van der Waals surface area contributed by atoms with Crippen LogP contribution in [0.15, 0.2) is 6.20 Å². The van der Waals surface area contributed by atoms with E-state index in [0.717, 1.165) is 6.20 Å². The third-order valence-corrected chi connectivity index (χ3v) is 4.50. The van der Waals surface area contributed by atoms with Gasteiger partial charge in [0.15, 0.2) is 5.82 Å². The molecule has 1 aromatic rings. The Morgan fingerprint density at radius 3 is 1.59 bits per heavy atom. The van der Waals surface area contributed by atoms with E-state index in [1.165, 1.54) is 4.57 Å². The number of carbonyl (C=O) groups is 1. The second-order valence-corrected chi connectivity index (χ2v) is 7.19. The summed E-state index contributed by atoms with van der Waals surface area (Å²) < 4.78 is 48.1. The van der Waals surface area contributed by atoms with Gasteiger partial charge in [-0.1, -0.05) is 0 Å². The van der Waals surface area contributed by atoms with Crippen molar-refractivity contribution in [3.63, 3.8) is 0 Å². The van der Waals surface area contributed by atoms with Crippen molar-refractivity contribution in [2.75, 3.05) is 106 Å². The van der Waals surface area contributed by atoms with Crippen molar-refractivity contribution in [3.8, 4) is 0 Å². The smallest absolute Gasteiger partial charge is 0.432 e. The van der Waals surface area contributed by atoms with Gasteiger partial charge in [0, 0.05) is 14.0 Å². The van der Waals surface area contributed by atoms with Crippen LogP contribution in [0.3, 0.4) is 0 Å². The molecule has 37 heavy (non-hydrogen) atoms. The molecule has 0 fully saturated rings. The molecule has 0 saturated heterocycles. The van der Waals surface area contributed by atoms with Gasteiger partial charge in [-0.15, -0.1) is 0 Å². The molecule has 0 saturated carbocycles. The molecule has 0 radical (unpaired) electrons. The molecule has 0 aliphatic rings. The molecule has 1 rings (SSSR count). The van der Waals surface area contributed by atoms with Crippen molar-refractivity contribution in [1.29, 1.82) is 0 Å². The first kappa shape index (κ1) is 32.6. The summed E-state index contributed by atoms with van der Waals surface area (Å²) in [5, 5.41) is 10.9. The molecule has 0 N–H and O–H groups in total. The van der Waals surface area contributed by atoms with Gasteiger partial charge in [-0.2, -0.15) is 0 Å². The van der Waals surface area contributed by atoms with E-state index in [1.54, 1.807) is 14.0 Å². The maximum Gasteiger partial charge on any atom is 0.508 e. The van der Waals surface area contributed by atoms with E-state index in [-0.39, 0.29) is 32.2 Å². The topological polar surface area (TPSA) is 161 Å². The predicted octanol–water partition coefficient (Wildman–Crippen LogP) is 0.999. The Labute approximate surface area is 216 Å². The van der Waals surface area contributed by atoms with Crippen LogP contribution in [0.5, 0.6) is 0 Å². The molecule has 0 spiro atoms. The van der Waals surface area contributed by atoms with Crippen LogP contribution in [0.2, 0.25) is 0 Å². The van der Waals surface area contributed by atoms with Crippen molar-refractivity contribution < 1.29 is 52.3 Å². The lowest BCUT2D eigenvalue weighted by atomic mass is 10.6. The van der Waals surface area contributed by atoms with Crippen LogP contribution in [0.4, 0.5) is 10.6 Å². The van der Waals surface area contributed by atoms with Crippen molar-refractivity contribution in [3.05, 3.63) is 22.1 Å². The van der Waals surface area contributed by atoms with Crippen molar-refractivity contribution in [2.24, 2.45) is 0 Å². The molecule has 15 heteroatoms. The molecular weight excluding hydrogens is 498 g/mol. The molecule has 214 valence electrons. The fraction of sp³-hybridized carbons (Fsp3) is 0.818. The fourth-order valence-electron chi connectivity index (χ4n) is 2.67. The van der Waals surface area contributed by atoms with Gasteiger partial charge in [0.2, 0.25) is 0 Å². The number of ether oxygens (including phenoxy) is 9. The van der Waals surface area contributed by atoms with Gasteiger partial charge in [-0.05, 0) is 4.92 Å². The van der Waals surface area contributed by atoms with Crippen molar-refractivity contribution in [2.45, 2.75) is 13.5 Å². The standard InChI is InChI=1S/C22H39N3O12/c1-20-23-19-21(25(27)28)24(20)3-4-36-22(26)37-18-17-35-16-15-34-14-13-33-12-11-32-10-9-31-8-7-30-6-5-29-2/h19H,3-18H2,1-2H3. The molecule has 0 aliphatic heterocycles. The highest BCUT2D eigenvalue weighted by molar-refractivity contribution is 5.59. The van der Waals surface area contributed by atoms with Gasteiger partial charge in [-0.25, -0.2) is 14.3 Å². The summed E-state index contributed by atoms with van der Waals surface area (Å²) in [6.45, 7) is 7.54. The van der Waals surface area contributed by atoms with E-state index in [4.69, 9.17) is 42.6 Å². The first-order valence-corrected chi connectivity index (χ1v) is 12.0. The third-order valence-electron chi connectivity index (χ3n) is 4.50. The molecule has 0 aromatic carbocycles. The van der Waals surface area contributed by atoms with Gasteiger partial charge < -0.3 is 52.7 Å². The molecule has 15 nitrogen and oxygen atoms in total. The van der Waals surface area contributed by atoms with Crippen LogP contribution in [0.1, 0.15) is 5.82 Å². The number of rotatable bonds is 25. The summed E-state index contributed by atoms with van der Waals surface area (Å²) in [5.41, 5.74) is 0. The number of nitrogens with zero attached hydrogens (tertiary/aromatic N) is 3. The summed E-state index contributed by atoms with van der Waals surface area (Å²) in [6.07, 6.45) is 0.277. The van der Waals surface area contributed by atoms with Gasteiger partial charge in [0.05, 0.1) is 85.9 Å². The van der Waals surface area contributed by atoms with Crippen LogP contribution < -0.4 is 0 Å². The number of hydrogen-bond donors (Lipinski definition) is 0. The van der Waals surface area contributed by atoms with Crippen molar-refractivity contribution >= 4 is 12.0 Å². The molecule has 0 unspecified atom stereocenters. The molecular formula is C22H39N3O12. The summed E-state index contributed by atoms with van der Waals surface area (Å²) in [6, 6.07) is 0. The lowest BCUT2D eigenvalue weighted by molar-refractivity contribution is -0.392. The Hall–Kier alpha value is -2.40. The van der Waals surface area contributed by atoms with Crippen LogP contribution >= 0.6 is 0 Å². The Balaban J connectivity index is 1.79. The average Bonchev–Trinajstić information content (AvgIpc) is 3.25. The van der Waals surface area contributed by atoms with E-state index in [1.807, 2.05) is 0 Å². The Morgan fingerprint density at radius 2 is 1.16 bits per heavy atom. The summed E-state index contributed by atoms with van der Waals surface area (Å²) in [4.78, 5) is 25.8. The SMILES string of the molecule is COCCOCCOCCOCCOCCOCCOCCOC(=O)OCCn1c([N+](=O)[O-])cnc1C. The zero-order valence-corrected chi connectivity index (χ0v) is 21.6. The zero-order chi connectivity index (χ0) is 27.0. The highest BCUT2D eigenvalue weighted by Crippen LogP contribution is 2.13. The number of carbonyl (C=O) groups excluding carboxylic acids is 1. The molecule has 1 heterocycles. The average molecular weight is 538 g/mol. The number of methoxy groups -OCH3 is 1. The van der Waals surface area contributed by atoms with Gasteiger partial charge >= 0.3 is 12.0 Å². The maximum absolute atomic E-state index is 11.6. The first-order valence-electron chi connectivity index (χ1n) is 12.0. The number of aryl methyl sites for hydroxylation is 1. The summed E-state index contributed by atoms with van der Waals surface area (Å²) in [5.74, 6) is 0.285. The number of hydrogen-bond acceptors (Lipinski definition) is 13. The van der Waals surface area contributed by atoms with Crippen LogP contribution in [0, 0.1) is 17.0 Å². The van der Waals surface area contributed by atoms with Crippen LogP contribution in [-0.4, -0.2) is 127 Å². The lowest BCUT2D eigenvalue weighted by Gasteiger charge is -2.09. The number of nitro groups is 1. The minimum atomic E-state index is -0.878. The minimum Gasteiger partial charge on any atom is -0.432 e. The van der Waals surface area contributed by atoms with E-state index in [9.17, 15) is 14.9 Å². The highest BCUT2D eigenvalue weighted by atomic mass is 16.7. The number of imidazole rings is 1. The first-order chi connectivity index (χ1) is 18.1. The predicted molar refractivity (Wildman–Crippen MR) is 128 cm³/mol. The quantitative estimate of drug-likeness (QED) is 0.0752. The van der Waals surface area contributed by atoms with Gasteiger partial charge in [0.25, 0.3) is 0 Å². The van der Waals surface area contributed by atoms with E-state index in [2.05, 4.69) is 4.98 Å². The maximum atomic E-state index is 11.6. The van der Waals surface area contributed by atoms with Gasteiger partial charge in [-0.3, -0.25) is 0 Å². The largest absolute Gasteiger partial charge is 0.508 e. The normalized spacial score (nSPS) is 11.1. The highest BCUT2D eigenvalue weighted by Gasteiger charge is 2.17. The summed E-state index contributed by atoms with van der Waals surface area (Å²) in [7, 11) is 1.63. The minimum absolute atomic E-state index is 0.0133. The molecule has 0 aliphatic carbocycles. The monoisotopic (exact) mass is 537 g/mol. The second kappa shape index (κ2) is 22.8.